The Hall–Kier alpha value is -2.21. The summed E-state index contributed by atoms with van der Waals surface area (Å²) in [4.78, 5) is 22.7. The Kier molecular flexibility index (Phi) is 6.55. The van der Waals surface area contributed by atoms with Gasteiger partial charge in [0.1, 0.15) is 11.9 Å². The highest BCUT2D eigenvalue weighted by molar-refractivity contribution is 5.83. The third kappa shape index (κ3) is 5.74. The van der Waals surface area contributed by atoms with Crippen LogP contribution in [-0.2, 0) is 9.59 Å². The minimum Gasteiger partial charge on any atom is -0.480 e. The molecule has 0 radical (unpaired) electrons. The average Bonchev–Trinajstić information content (AvgIpc) is 2.43. The van der Waals surface area contributed by atoms with Crippen molar-refractivity contribution in [1.29, 1.82) is 0 Å². The van der Waals surface area contributed by atoms with Gasteiger partial charge in [-0.15, -0.1) is 6.58 Å². The van der Waals surface area contributed by atoms with Crippen LogP contribution in [0, 0.1) is 5.82 Å². The van der Waals surface area contributed by atoms with Crippen LogP contribution in [0.15, 0.2) is 36.9 Å². The predicted molar refractivity (Wildman–Crippen MR) is 75.0 cm³/mol. The molecule has 5 nitrogen and oxygen atoms in total. The maximum Gasteiger partial charge on any atom is 0.326 e. The Morgan fingerprint density at radius 1 is 1.43 bits per heavy atom. The number of hydrogen-bond donors (Lipinski definition) is 3. The number of carbonyl (C=O) groups excluding carboxylic acids is 1. The number of rotatable bonds is 8. The van der Waals surface area contributed by atoms with E-state index in [0.717, 1.165) is 6.07 Å². The molecule has 21 heavy (non-hydrogen) atoms. The summed E-state index contributed by atoms with van der Waals surface area (Å²) in [6.07, 6.45) is 0.713. The van der Waals surface area contributed by atoms with E-state index in [9.17, 15) is 19.1 Å². The molecule has 0 aliphatic heterocycles. The number of amides is 1. The Bertz CT molecular complexity index is 518. The van der Waals surface area contributed by atoms with Gasteiger partial charge in [-0.25, -0.2) is 9.18 Å². The third-order valence-electron chi connectivity index (χ3n) is 2.90. The highest BCUT2D eigenvalue weighted by Gasteiger charge is 2.21. The van der Waals surface area contributed by atoms with E-state index in [-0.39, 0.29) is 18.4 Å². The van der Waals surface area contributed by atoms with Gasteiger partial charge < -0.3 is 15.5 Å². The summed E-state index contributed by atoms with van der Waals surface area (Å²) in [6, 6.07) is 4.25. The summed E-state index contributed by atoms with van der Waals surface area (Å²) in [5.41, 5.74) is 0.267. The number of allylic oxidation sites excluding steroid dienone is 1. The third-order valence-corrected chi connectivity index (χ3v) is 2.90. The summed E-state index contributed by atoms with van der Waals surface area (Å²) in [7, 11) is 0. The molecule has 2 unspecified atom stereocenters. The van der Waals surface area contributed by atoms with Crippen LogP contribution < -0.4 is 5.32 Å². The van der Waals surface area contributed by atoms with Crippen molar-refractivity contribution in [1.82, 2.24) is 5.32 Å². The molecule has 0 saturated heterocycles. The number of aliphatic hydroxyl groups excluding tert-OH is 1. The second kappa shape index (κ2) is 8.16. The minimum absolute atomic E-state index is 0.223. The molecule has 0 aliphatic carbocycles. The molecule has 0 spiro atoms. The van der Waals surface area contributed by atoms with Gasteiger partial charge in [0.2, 0.25) is 5.91 Å². The molecule has 0 fully saturated rings. The van der Waals surface area contributed by atoms with Crippen LogP contribution in [-0.4, -0.2) is 28.1 Å². The number of benzene rings is 1. The fourth-order valence-electron chi connectivity index (χ4n) is 1.80. The first-order chi connectivity index (χ1) is 9.93. The maximum absolute atomic E-state index is 13.0. The van der Waals surface area contributed by atoms with Crippen LogP contribution in [0.5, 0.6) is 0 Å². The topological polar surface area (TPSA) is 86.6 Å². The highest BCUT2D eigenvalue weighted by atomic mass is 19.1. The molecule has 1 rings (SSSR count). The quantitative estimate of drug-likeness (QED) is 0.638. The summed E-state index contributed by atoms with van der Waals surface area (Å²) in [5.74, 6) is -2.27. The number of halogens is 1. The van der Waals surface area contributed by atoms with Crippen molar-refractivity contribution in [2.24, 2.45) is 0 Å². The van der Waals surface area contributed by atoms with Gasteiger partial charge in [-0.05, 0) is 30.5 Å². The lowest BCUT2D eigenvalue weighted by Crippen LogP contribution is -2.41. The molecule has 6 heteroatoms. The standard InChI is InChI=1S/C15H18FNO4/c1-2-3-7-12(15(20)21)17-14(19)9-13(18)10-5-4-6-11(16)8-10/h2,4-6,8,12-13,18H,1,3,7,9H2,(H,17,19)(H,20,21). The van der Waals surface area contributed by atoms with Crippen molar-refractivity contribution in [3.05, 3.63) is 48.3 Å². The lowest BCUT2D eigenvalue weighted by molar-refractivity contribution is -0.142. The van der Waals surface area contributed by atoms with Gasteiger partial charge in [-0.3, -0.25) is 4.79 Å². The molecule has 0 bridgehead atoms. The molecule has 1 aromatic rings. The van der Waals surface area contributed by atoms with Crippen LogP contribution >= 0.6 is 0 Å². The first-order valence-electron chi connectivity index (χ1n) is 6.50. The van der Waals surface area contributed by atoms with Crippen molar-refractivity contribution < 1.29 is 24.2 Å². The second-order valence-corrected chi connectivity index (χ2v) is 4.60. The predicted octanol–water partition coefficient (Wildman–Crippen LogP) is 1.78. The van der Waals surface area contributed by atoms with Gasteiger partial charge in [0, 0.05) is 0 Å². The summed E-state index contributed by atoms with van der Waals surface area (Å²) < 4.78 is 13.0. The van der Waals surface area contributed by atoms with E-state index < -0.39 is 29.8 Å². The molecule has 3 N–H and O–H groups in total. The Balaban J connectivity index is 2.59. The van der Waals surface area contributed by atoms with Gasteiger partial charge in [0.15, 0.2) is 0 Å². The van der Waals surface area contributed by atoms with E-state index >= 15 is 0 Å². The number of nitrogens with one attached hydrogen (secondary N) is 1. The number of carbonyl (C=O) groups is 2. The van der Waals surface area contributed by atoms with Crippen LogP contribution in [0.25, 0.3) is 0 Å². The smallest absolute Gasteiger partial charge is 0.326 e. The van der Waals surface area contributed by atoms with Gasteiger partial charge >= 0.3 is 5.97 Å². The summed E-state index contributed by atoms with van der Waals surface area (Å²) in [5, 5.41) is 21.2. The van der Waals surface area contributed by atoms with Gasteiger partial charge in [0.05, 0.1) is 12.5 Å². The number of carboxylic acid groups (broad SMARTS) is 1. The van der Waals surface area contributed by atoms with Crippen molar-refractivity contribution in [2.75, 3.05) is 0 Å². The molecule has 0 aromatic heterocycles. The van der Waals surface area contributed by atoms with Crippen LogP contribution in [0.2, 0.25) is 0 Å². The first-order valence-corrected chi connectivity index (χ1v) is 6.50. The lowest BCUT2D eigenvalue weighted by atomic mass is 10.1. The SMILES string of the molecule is C=CCCC(NC(=O)CC(O)c1cccc(F)c1)C(=O)O. The molecule has 1 aromatic carbocycles. The number of hydrogen-bond acceptors (Lipinski definition) is 3. The van der Waals surface area contributed by atoms with Crippen LogP contribution in [0.3, 0.4) is 0 Å². The zero-order chi connectivity index (χ0) is 15.8. The van der Waals surface area contributed by atoms with Crippen molar-refractivity contribution in [2.45, 2.75) is 31.4 Å². The van der Waals surface area contributed by atoms with E-state index in [1.165, 1.54) is 18.2 Å². The van der Waals surface area contributed by atoms with E-state index in [4.69, 9.17) is 5.11 Å². The van der Waals surface area contributed by atoms with E-state index in [1.54, 1.807) is 6.08 Å². The fraction of sp³-hybridized carbons (Fsp3) is 0.333. The Morgan fingerprint density at radius 3 is 2.71 bits per heavy atom. The van der Waals surface area contributed by atoms with Gasteiger partial charge in [-0.2, -0.15) is 0 Å². The van der Waals surface area contributed by atoms with Crippen molar-refractivity contribution in [3.63, 3.8) is 0 Å². The Morgan fingerprint density at radius 2 is 2.14 bits per heavy atom. The van der Waals surface area contributed by atoms with Crippen LogP contribution in [0.1, 0.15) is 30.9 Å². The Labute approximate surface area is 122 Å². The van der Waals surface area contributed by atoms with Gasteiger partial charge in [-0.1, -0.05) is 18.2 Å². The molecular weight excluding hydrogens is 277 g/mol. The van der Waals surface area contributed by atoms with Crippen molar-refractivity contribution >= 4 is 11.9 Å². The molecule has 0 heterocycles. The summed E-state index contributed by atoms with van der Waals surface area (Å²) in [6.45, 7) is 3.49. The van der Waals surface area contributed by atoms with E-state index in [1.807, 2.05) is 0 Å². The van der Waals surface area contributed by atoms with E-state index in [0.29, 0.717) is 6.42 Å². The maximum atomic E-state index is 13.0. The molecule has 1 amide bonds. The zero-order valence-electron chi connectivity index (χ0n) is 11.5. The number of aliphatic carboxylic acids is 1. The minimum atomic E-state index is -1.19. The normalized spacial score (nSPS) is 13.2. The molecule has 114 valence electrons. The molecular formula is C15H18FNO4. The lowest BCUT2D eigenvalue weighted by Gasteiger charge is -2.16. The van der Waals surface area contributed by atoms with E-state index in [2.05, 4.69) is 11.9 Å². The molecule has 0 aliphatic rings. The number of carboxylic acids is 1. The largest absolute Gasteiger partial charge is 0.480 e. The first kappa shape index (κ1) is 16.8. The van der Waals surface area contributed by atoms with Gasteiger partial charge in [0.25, 0.3) is 0 Å². The average molecular weight is 295 g/mol. The summed E-state index contributed by atoms with van der Waals surface area (Å²) >= 11 is 0. The number of aliphatic hydroxyl groups is 1. The molecule has 2 atom stereocenters. The zero-order valence-corrected chi connectivity index (χ0v) is 11.5. The van der Waals surface area contributed by atoms with Crippen molar-refractivity contribution in [3.8, 4) is 0 Å². The fourth-order valence-corrected chi connectivity index (χ4v) is 1.80. The molecule has 0 saturated carbocycles. The monoisotopic (exact) mass is 295 g/mol. The highest BCUT2D eigenvalue weighted by Crippen LogP contribution is 2.17. The van der Waals surface area contributed by atoms with Crippen LogP contribution in [0.4, 0.5) is 4.39 Å². The second-order valence-electron chi connectivity index (χ2n) is 4.60.